The van der Waals surface area contributed by atoms with E-state index in [4.69, 9.17) is 14.2 Å². The number of carbonyl (C=O) groups excluding carboxylic acids is 3. The maximum absolute atomic E-state index is 12.9. The van der Waals surface area contributed by atoms with Gasteiger partial charge in [-0.25, -0.2) is 0 Å². The van der Waals surface area contributed by atoms with Crippen LogP contribution in [0.15, 0.2) is 60.8 Å². The molecule has 0 bridgehead atoms. The third-order valence-electron chi connectivity index (χ3n) is 13.3. The minimum absolute atomic E-state index is 0.0804. The van der Waals surface area contributed by atoms with E-state index in [-0.39, 0.29) is 31.1 Å². The molecule has 0 rings (SSSR count). The van der Waals surface area contributed by atoms with Crippen molar-refractivity contribution in [2.75, 3.05) is 13.2 Å². The van der Waals surface area contributed by atoms with Crippen LogP contribution in [0.25, 0.3) is 0 Å². The normalized spacial score (nSPS) is 12.4. The molecular formula is C64H114O6. The molecule has 0 aliphatic heterocycles. The van der Waals surface area contributed by atoms with Gasteiger partial charge in [-0.1, -0.05) is 287 Å². The highest BCUT2D eigenvalue weighted by Gasteiger charge is 2.19. The van der Waals surface area contributed by atoms with Crippen molar-refractivity contribution in [3.05, 3.63) is 60.8 Å². The molecule has 1 atom stereocenters. The van der Waals surface area contributed by atoms with E-state index in [9.17, 15) is 14.4 Å². The Morgan fingerprint density at radius 1 is 0.300 bits per heavy atom. The minimum Gasteiger partial charge on any atom is -0.462 e. The number of rotatable bonds is 55. The van der Waals surface area contributed by atoms with Gasteiger partial charge in [0, 0.05) is 19.3 Å². The second-order valence-electron chi connectivity index (χ2n) is 20.2. The van der Waals surface area contributed by atoms with Crippen LogP contribution < -0.4 is 0 Å². The van der Waals surface area contributed by atoms with Crippen LogP contribution >= 0.6 is 0 Å². The topological polar surface area (TPSA) is 78.9 Å². The minimum atomic E-state index is -0.785. The Bertz CT molecular complexity index is 1260. The van der Waals surface area contributed by atoms with E-state index < -0.39 is 6.10 Å². The molecule has 0 aromatic heterocycles. The first kappa shape index (κ1) is 67.1. The zero-order valence-electron chi connectivity index (χ0n) is 46.5. The van der Waals surface area contributed by atoms with Crippen LogP contribution in [-0.4, -0.2) is 37.2 Å². The molecule has 0 aromatic rings. The first-order valence-electron chi connectivity index (χ1n) is 30.3. The number of unbranched alkanes of at least 4 members (excludes halogenated alkanes) is 34. The largest absolute Gasteiger partial charge is 0.462 e. The van der Waals surface area contributed by atoms with Gasteiger partial charge >= 0.3 is 17.9 Å². The maximum atomic E-state index is 12.9. The summed E-state index contributed by atoms with van der Waals surface area (Å²) in [6, 6.07) is 0. The lowest BCUT2D eigenvalue weighted by molar-refractivity contribution is -0.167. The van der Waals surface area contributed by atoms with Gasteiger partial charge in [-0.3, -0.25) is 14.4 Å². The highest BCUT2D eigenvalue weighted by Crippen LogP contribution is 2.17. The van der Waals surface area contributed by atoms with Gasteiger partial charge in [-0.2, -0.15) is 0 Å². The van der Waals surface area contributed by atoms with Crippen molar-refractivity contribution in [2.24, 2.45) is 0 Å². The maximum Gasteiger partial charge on any atom is 0.306 e. The lowest BCUT2D eigenvalue weighted by Gasteiger charge is -2.18. The first-order chi connectivity index (χ1) is 34.5. The number of ether oxygens (including phenoxy) is 3. The predicted octanol–water partition coefficient (Wildman–Crippen LogP) is 20.4. The predicted molar refractivity (Wildman–Crippen MR) is 302 cm³/mol. The van der Waals surface area contributed by atoms with Crippen molar-refractivity contribution in [3.8, 4) is 0 Å². The van der Waals surface area contributed by atoms with Crippen LogP contribution in [0.3, 0.4) is 0 Å². The molecule has 0 spiro atoms. The van der Waals surface area contributed by atoms with Crippen LogP contribution in [0, 0.1) is 0 Å². The molecule has 0 saturated carbocycles. The highest BCUT2D eigenvalue weighted by molar-refractivity contribution is 5.71. The van der Waals surface area contributed by atoms with Gasteiger partial charge in [0.25, 0.3) is 0 Å². The number of hydrogen-bond donors (Lipinski definition) is 0. The first-order valence-corrected chi connectivity index (χ1v) is 30.3. The van der Waals surface area contributed by atoms with E-state index in [0.717, 1.165) is 96.3 Å². The summed E-state index contributed by atoms with van der Waals surface area (Å²) in [6.45, 7) is 6.55. The fourth-order valence-electron chi connectivity index (χ4n) is 8.77. The van der Waals surface area contributed by atoms with E-state index in [1.54, 1.807) is 0 Å². The Morgan fingerprint density at radius 3 is 0.871 bits per heavy atom. The van der Waals surface area contributed by atoms with E-state index in [0.29, 0.717) is 19.3 Å². The van der Waals surface area contributed by atoms with Crippen molar-refractivity contribution in [1.29, 1.82) is 0 Å². The Kier molecular flexibility index (Phi) is 56.3. The van der Waals surface area contributed by atoms with E-state index in [1.165, 1.54) is 173 Å². The summed E-state index contributed by atoms with van der Waals surface area (Å²) >= 11 is 0. The summed E-state index contributed by atoms with van der Waals surface area (Å²) in [5.41, 5.74) is 0. The Hall–Kier alpha value is -2.89. The smallest absolute Gasteiger partial charge is 0.306 e. The van der Waals surface area contributed by atoms with Crippen molar-refractivity contribution in [3.63, 3.8) is 0 Å². The summed E-state index contributed by atoms with van der Waals surface area (Å²) in [4.78, 5) is 38.2. The Labute approximate surface area is 434 Å². The van der Waals surface area contributed by atoms with E-state index in [2.05, 4.69) is 81.5 Å². The average molecular weight is 980 g/mol. The monoisotopic (exact) mass is 979 g/mol. The molecule has 406 valence electrons. The van der Waals surface area contributed by atoms with Crippen molar-refractivity contribution >= 4 is 17.9 Å². The quantitative estimate of drug-likeness (QED) is 0.0261. The third kappa shape index (κ3) is 56.0. The molecule has 6 nitrogen and oxygen atoms in total. The van der Waals surface area contributed by atoms with Crippen LogP contribution in [0.4, 0.5) is 0 Å². The van der Waals surface area contributed by atoms with Gasteiger partial charge in [0.05, 0.1) is 0 Å². The Balaban J connectivity index is 4.40. The summed E-state index contributed by atoms with van der Waals surface area (Å²) in [7, 11) is 0. The highest BCUT2D eigenvalue weighted by atomic mass is 16.6. The molecular weight excluding hydrogens is 865 g/mol. The Morgan fingerprint density at radius 2 is 0.557 bits per heavy atom. The van der Waals surface area contributed by atoms with Gasteiger partial charge < -0.3 is 14.2 Å². The van der Waals surface area contributed by atoms with Gasteiger partial charge in [0.2, 0.25) is 0 Å². The summed E-state index contributed by atoms with van der Waals surface area (Å²) in [6.07, 6.45) is 73.6. The van der Waals surface area contributed by atoms with Crippen molar-refractivity contribution < 1.29 is 28.6 Å². The van der Waals surface area contributed by atoms with Gasteiger partial charge in [-0.05, 0) is 64.2 Å². The molecule has 0 amide bonds. The molecule has 0 fully saturated rings. The molecule has 0 radical (unpaired) electrons. The van der Waals surface area contributed by atoms with Crippen LogP contribution in [0.5, 0.6) is 0 Å². The molecule has 0 unspecified atom stereocenters. The van der Waals surface area contributed by atoms with Crippen LogP contribution in [-0.2, 0) is 28.6 Å². The van der Waals surface area contributed by atoms with Crippen molar-refractivity contribution in [1.82, 2.24) is 0 Å². The summed E-state index contributed by atoms with van der Waals surface area (Å²) in [5, 5.41) is 0. The SMILES string of the molecule is CC/C=C\C/C=C\C/C=C\C/C=C\C/C=C\CCCCCC(=O)OC[C@@H](COC(=O)CCCCCCCCCCCCCCCCCC)OC(=O)CCCCCCCCCCCCCCCCCCC. The second kappa shape index (κ2) is 58.7. The molecule has 0 aliphatic rings. The number of allylic oxidation sites excluding steroid dienone is 10. The van der Waals surface area contributed by atoms with Crippen molar-refractivity contribution in [2.45, 2.75) is 316 Å². The van der Waals surface area contributed by atoms with Gasteiger partial charge in [0.1, 0.15) is 13.2 Å². The number of esters is 3. The molecule has 70 heavy (non-hydrogen) atoms. The standard InChI is InChI=1S/C64H114O6/c1-4-7-10-13-16-19-22-25-28-31-32-34-36-39-42-45-48-51-54-57-63(66)69-60-61(59-68-62(65)56-53-50-47-44-41-38-35-30-27-24-21-18-15-12-9-6-3)70-64(67)58-55-52-49-46-43-40-37-33-29-26-23-20-17-14-11-8-5-2/h7,10,16,19,25,28,32,34,39,42,61H,4-6,8-9,11-15,17-18,20-24,26-27,29-31,33,35-38,40-41,43-60H2,1-3H3/b10-7-,19-16-,28-25-,34-32-,42-39-/t61-/m1/s1. The summed E-state index contributed by atoms with van der Waals surface area (Å²) < 4.78 is 16.9. The second-order valence-corrected chi connectivity index (χ2v) is 20.2. The molecule has 0 heterocycles. The van der Waals surface area contributed by atoms with E-state index >= 15 is 0 Å². The van der Waals surface area contributed by atoms with Crippen LogP contribution in [0.2, 0.25) is 0 Å². The summed E-state index contributed by atoms with van der Waals surface area (Å²) in [5.74, 6) is -0.895. The fraction of sp³-hybridized carbons (Fsp3) is 0.797. The number of hydrogen-bond acceptors (Lipinski definition) is 6. The van der Waals surface area contributed by atoms with Gasteiger partial charge in [-0.15, -0.1) is 0 Å². The van der Waals surface area contributed by atoms with E-state index in [1.807, 2.05) is 0 Å². The fourth-order valence-corrected chi connectivity index (χ4v) is 8.77. The third-order valence-corrected chi connectivity index (χ3v) is 13.3. The molecule has 0 aliphatic carbocycles. The zero-order chi connectivity index (χ0) is 50.7. The van der Waals surface area contributed by atoms with Gasteiger partial charge in [0.15, 0.2) is 6.10 Å². The lowest BCUT2D eigenvalue weighted by atomic mass is 10.0. The zero-order valence-corrected chi connectivity index (χ0v) is 46.5. The lowest BCUT2D eigenvalue weighted by Crippen LogP contribution is -2.30. The van der Waals surface area contributed by atoms with Crippen LogP contribution in [0.1, 0.15) is 310 Å². The molecule has 0 N–H and O–H groups in total. The molecule has 6 heteroatoms. The molecule has 0 aromatic carbocycles. The average Bonchev–Trinajstić information content (AvgIpc) is 3.36. The number of carbonyl (C=O) groups is 3. The molecule has 0 saturated heterocycles.